The predicted molar refractivity (Wildman–Crippen MR) is 114 cm³/mol. The van der Waals surface area contributed by atoms with E-state index in [9.17, 15) is 13.2 Å². The molecule has 1 saturated heterocycles. The number of nitrogens with zero attached hydrogens (tertiary/aromatic N) is 5. The summed E-state index contributed by atoms with van der Waals surface area (Å²) in [5.41, 5.74) is 0.677. The molecule has 0 unspecified atom stereocenters. The van der Waals surface area contributed by atoms with Crippen LogP contribution in [0.25, 0.3) is 10.7 Å². The molecule has 1 aromatic carbocycles. The summed E-state index contributed by atoms with van der Waals surface area (Å²) in [6, 6.07) is 11.2. The molecule has 0 aliphatic carbocycles. The van der Waals surface area contributed by atoms with Crippen LogP contribution >= 0.6 is 22.9 Å². The molecule has 156 valence electrons. The molecule has 30 heavy (non-hydrogen) atoms. The van der Waals surface area contributed by atoms with Crippen molar-refractivity contribution in [2.24, 2.45) is 0 Å². The Kier molecular flexibility index (Phi) is 5.95. The van der Waals surface area contributed by atoms with Gasteiger partial charge in [0.15, 0.2) is 5.01 Å². The average molecular weight is 465 g/mol. The number of halogens is 1. The van der Waals surface area contributed by atoms with Gasteiger partial charge < -0.3 is 4.90 Å². The number of hydrogen-bond acceptors (Lipinski definition) is 7. The first-order valence-electron chi connectivity index (χ1n) is 9.00. The van der Waals surface area contributed by atoms with E-state index < -0.39 is 10.0 Å². The third-order valence-electron chi connectivity index (χ3n) is 4.50. The maximum atomic E-state index is 12.7. The molecule has 9 nitrogen and oxygen atoms in total. The maximum absolute atomic E-state index is 12.7. The van der Waals surface area contributed by atoms with E-state index in [-0.39, 0.29) is 37.1 Å². The van der Waals surface area contributed by atoms with Gasteiger partial charge in [-0.1, -0.05) is 29.0 Å². The van der Waals surface area contributed by atoms with E-state index in [1.165, 1.54) is 27.8 Å². The Morgan fingerprint density at radius 3 is 2.43 bits per heavy atom. The number of rotatable bonds is 4. The van der Waals surface area contributed by atoms with E-state index in [1.54, 1.807) is 29.3 Å². The standard InChI is InChI=1S/C18H17ClN6O3S2/c19-13-4-6-14(7-5-13)30(27,28)25-11-9-24(10-12-25)18(26)21-17-23-22-16(29-17)15-3-1-2-8-20-15/h1-8H,9-12H2,(H,21,23,26). The second-order valence-electron chi connectivity index (χ2n) is 6.40. The van der Waals surface area contributed by atoms with Gasteiger partial charge in [0.2, 0.25) is 15.2 Å². The Bertz CT molecular complexity index is 1130. The van der Waals surface area contributed by atoms with Crippen LogP contribution in [0.2, 0.25) is 5.02 Å². The fourth-order valence-electron chi connectivity index (χ4n) is 2.92. The number of hydrogen-bond donors (Lipinski definition) is 1. The molecule has 2 amide bonds. The third-order valence-corrected chi connectivity index (χ3v) is 7.53. The van der Waals surface area contributed by atoms with E-state index in [4.69, 9.17) is 11.6 Å². The molecule has 1 N–H and O–H groups in total. The van der Waals surface area contributed by atoms with Gasteiger partial charge in [0, 0.05) is 37.4 Å². The van der Waals surface area contributed by atoms with Gasteiger partial charge in [-0.15, -0.1) is 10.2 Å². The lowest BCUT2D eigenvalue weighted by molar-refractivity contribution is 0.184. The fraction of sp³-hybridized carbons (Fsp3) is 0.222. The first-order chi connectivity index (χ1) is 14.4. The molecule has 0 bridgehead atoms. The number of carbonyl (C=O) groups is 1. The zero-order valence-electron chi connectivity index (χ0n) is 15.6. The summed E-state index contributed by atoms with van der Waals surface area (Å²) in [5.74, 6) is 0. The quantitative estimate of drug-likeness (QED) is 0.636. The molecule has 0 spiro atoms. The number of piperazine rings is 1. The largest absolute Gasteiger partial charge is 0.323 e. The molecule has 0 atom stereocenters. The van der Waals surface area contributed by atoms with Crippen molar-refractivity contribution >= 4 is 44.1 Å². The highest BCUT2D eigenvalue weighted by atomic mass is 35.5. The van der Waals surface area contributed by atoms with Gasteiger partial charge in [0.25, 0.3) is 0 Å². The molecule has 2 aromatic heterocycles. The number of aromatic nitrogens is 3. The van der Waals surface area contributed by atoms with Gasteiger partial charge in [0.05, 0.1) is 4.90 Å². The van der Waals surface area contributed by atoms with Crippen molar-refractivity contribution in [3.05, 3.63) is 53.7 Å². The summed E-state index contributed by atoms with van der Waals surface area (Å²) in [7, 11) is -3.63. The molecule has 3 heterocycles. The number of pyridine rings is 1. The Hall–Kier alpha value is -2.60. The molecule has 3 aromatic rings. The first kappa shape index (κ1) is 20.7. The summed E-state index contributed by atoms with van der Waals surface area (Å²) in [6.45, 7) is 0.941. The van der Waals surface area contributed by atoms with Crippen LogP contribution in [0.1, 0.15) is 0 Å². The predicted octanol–water partition coefficient (Wildman–Crippen LogP) is 2.79. The Morgan fingerprint density at radius 1 is 1.03 bits per heavy atom. The highest BCUT2D eigenvalue weighted by Gasteiger charge is 2.30. The van der Waals surface area contributed by atoms with Crippen molar-refractivity contribution in [2.45, 2.75) is 4.90 Å². The number of anilines is 1. The van der Waals surface area contributed by atoms with E-state index in [0.717, 1.165) is 0 Å². The molecule has 1 aliphatic heterocycles. The van der Waals surface area contributed by atoms with E-state index in [0.29, 0.717) is 20.9 Å². The highest BCUT2D eigenvalue weighted by Crippen LogP contribution is 2.25. The first-order valence-corrected chi connectivity index (χ1v) is 11.6. The molecular weight excluding hydrogens is 448 g/mol. The van der Waals surface area contributed by atoms with Gasteiger partial charge in [0.1, 0.15) is 5.69 Å². The molecule has 0 saturated carbocycles. The lowest BCUT2D eigenvalue weighted by Crippen LogP contribution is -2.51. The van der Waals surface area contributed by atoms with Crippen molar-refractivity contribution in [1.29, 1.82) is 0 Å². The van der Waals surface area contributed by atoms with Gasteiger partial charge >= 0.3 is 6.03 Å². The van der Waals surface area contributed by atoms with Crippen molar-refractivity contribution in [3.63, 3.8) is 0 Å². The molecule has 1 aliphatic rings. The SMILES string of the molecule is O=C(Nc1nnc(-c2ccccn2)s1)N1CCN(S(=O)(=O)c2ccc(Cl)cc2)CC1. The molecule has 12 heteroatoms. The summed E-state index contributed by atoms with van der Waals surface area (Å²) in [4.78, 5) is 18.5. The number of benzene rings is 1. The zero-order chi connectivity index (χ0) is 21.1. The average Bonchev–Trinajstić information content (AvgIpc) is 3.23. The number of amides is 2. The molecule has 0 radical (unpaired) electrons. The molecule has 1 fully saturated rings. The maximum Gasteiger partial charge on any atom is 0.323 e. The van der Waals surface area contributed by atoms with E-state index in [1.807, 2.05) is 12.1 Å². The number of nitrogens with one attached hydrogen (secondary N) is 1. The smallest absolute Gasteiger partial charge is 0.322 e. The molecule has 4 rings (SSSR count). The van der Waals surface area contributed by atoms with Crippen molar-refractivity contribution in [1.82, 2.24) is 24.4 Å². The number of urea groups is 1. The minimum atomic E-state index is -3.63. The third kappa shape index (κ3) is 4.43. The lowest BCUT2D eigenvalue weighted by Gasteiger charge is -2.33. The van der Waals surface area contributed by atoms with Crippen LogP contribution in [0.3, 0.4) is 0 Å². The number of carbonyl (C=O) groups excluding carboxylic acids is 1. The van der Waals surface area contributed by atoms with Crippen LogP contribution < -0.4 is 5.32 Å². The summed E-state index contributed by atoms with van der Waals surface area (Å²) >= 11 is 7.05. The zero-order valence-corrected chi connectivity index (χ0v) is 18.0. The van der Waals surface area contributed by atoms with Gasteiger partial charge in [-0.25, -0.2) is 13.2 Å². The Labute approximate surface area is 182 Å². The van der Waals surface area contributed by atoms with E-state index in [2.05, 4.69) is 20.5 Å². The summed E-state index contributed by atoms with van der Waals surface area (Å²) < 4.78 is 26.9. The van der Waals surface area contributed by atoms with Crippen LogP contribution in [0.15, 0.2) is 53.6 Å². The fourth-order valence-corrected chi connectivity index (χ4v) is 5.18. The second-order valence-corrected chi connectivity index (χ2v) is 9.75. The van der Waals surface area contributed by atoms with Crippen molar-refractivity contribution in [3.8, 4) is 10.7 Å². The minimum Gasteiger partial charge on any atom is -0.322 e. The second kappa shape index (κ2) is 8.64. The summed E-state index contributed by atoms with van der Waals surface area (Å²) in [6.07, 6.45) is 1.66. The topological polar surface area (TPSA) is 108 Å². The monoisotopic (exact) mass is 464 g/mol. The van der Waals surface area contributed by atoms with E-state index >= 15 is 0 Å². The van der Waals surface area contributed by atoms with Crippen LogP contribution in [-0.2, 0) is 10.0 Å². The number of sulfonamides is 1. The Balaban J connectivity index is 1.36. The van der Waals surface area contributed by atoms with Gasteiger partial charge in [-0.3, -0.25) is 10.3 Å². The van der Waals surface area contributed by atoms with Crippen LogP contribution in [0.5, 0.6) is 0 Å². The van der Waals surface area contributed by atoms with Crippen LogP contribution in [0.4, 0.5) is 9.93 Å². The van der Waals surface area contributed by atoms with Gasteiger partial charge in [-0.05, 0) is 36.4 Å². The van der Waals surface area contributed by atoms with Crippen molar-refractivity contribution < 1.29 is 13.2 Å². The summed E-state index contributed by atoms with van der Waals surface area (Å²) in [5, 5.41) is 12.2. The molecular formula is C18H17ClN6O3S2. The van der Waals surface area contributed by atoms with Gasteiger partial charge in [-0.2, -0.15) is 4.31 Å². The normalized spacial score (nSPS) is 15.2. The van der Waals surface area contributed by atoms with Crippen LogP contribution in [-0.4, -0.2) is 65.0 Å². The Morgan fingerprint density at radius 2 is 1.77 bits per heavy atom. The van der Waals surface area contributed by atoms with Crippen molar-refractivity contribution in [2.75, 3.05) is 31.5 Å². The highest BCUT2D eigenvalue weighted by molar-refractivity contribution is 7.89. The lowest BCUT2D eigenvalue weighted by atomic mass is 10.4. The van der Waals surface area contributed by atoms with Crippen LogP contribution in [0, 0.1) is 0 Å². The minimum absolute atomic E-state index is 0.181.